The van der Waals surface area contributed by atoms with E-state index in [9.17, 15) is 9.59 Å². The lowest BCUT2D eigenvalue weighted by Crippen LogP contribution is -2.47. The third kappa shape index (κ3) is 3.91. The van der Waals surface area contributed by atoms with E-state index in [0.29, 0.717) is 13.0 Å². The minimum Gasteiger partial charge on any atom is -0.456 e. The van der Waals surface area contributed by atoms with E-state index in [2.05, 4.69) is 4.98 Å². The summed E-state index contributed by atoms with van der Waals surface area (Å²) in [6.07, 6.45) is 8.13. The molecule has 0 radical (unpaired) electrons. The van der Waals surface area contributed by atoms with Crippen molar-refractivity contribution in [3.63, 3.8) is 0 Å². The highest BCUT2D eigenvalue weighted by Gasteiger charge is 2.51. The van der Waals surface area contributed by atoms with Crippen LogP contribution in [0.2, 0.25) is 0 Å². The van der Waals surface area contributed by atoms with Crippen molar-refractivity contribution < 1.29 is 14.3 Å². The first-order chi connectivity index (χ1) is 14.0. The lowest BCUT2D eigenvalue weighted by molar-refractivity contribution is -0.157. The Kier molecular flexibility index (Phi) is 4.85. The first-order valence-corrected chi connectivity index (χ1v) is 11.5. The van der Waals surface area contributed by atoms with Crippen molar-refractivity contribution in [2.45, 2.75) is 51.5 Å². The van der Waals surface area contributed by atoms with Crippen LogP contribution < -0.4 is 0 Å². The van der Waals surface area contributed by atoms with Crippen LogP contribution in [-0.4, -0.2) is 35.4 Å². The van der Waals surface area contributed by atoms with Crippen LogP contribution in [0, 0.1) is 23.2 Å². The molecule has 154 valence electrons. The number of carbonyl (C=O) groups is 2. The van der Waals surface area contributed by atoms with Gasteiger partial charge in [0.25, 0.3) is 5.91 Å². The molecule has 29 heavy (non-hydrogen) atoms. The molecule has 0 spiro atoms. The van der Waals surface area contributed by atoms with E-state index < -0.39 is 0 Å². The van der Waals surface area contributed by atoms with E-state index in [0.717, 1.165) is 33.0 Å². The van der Waals surface area contributed by atoms with Crippen molar-refractivity contribution in [2.24, 2.45) is 23.2 Å². The zero-order valence-corrected chi connectivity index (χ0v) is 17.7. The number of fused-ring (bicyclic) bond motifs is 1. The number of hydrogen-bond donors (Lipinski definition) is 0. The topological polar surface area (TPSA) is 59.5 Å². The van der Waals surface area contributed by atoms with Crippen molar-refractivity contribution in [2.75, 3.05) is 13.7 Å². The zero-order valence-electron chi connectivity index (χ0n) is 16.9. The van der Waals surface area contributed by atoms with Crippen LogP contribution in [0.15, 0.2) is 24.3 Å². The minimum atomic E-state index is -0.200. The van der Waals surface area contributed by atoms with E-state index in [4.69, 9.17) is 4.74 Å². The van der Waals surface area contributed by atoms with Crippen molar-refractivity contribution in [3.8, 4) is 0 Å². The van der Waals surface area contributed by atoms with Crippen molar-refractivity contribution in [1.29, 1.82) is 0 Å². The largest absolute Gasteiger partial charge is 0.456 e. The summed E-state index contributed by atoms with van der Waals surface area (Å²) >= 11 is 1.59. The fourth-order valence-electron chi connectivity index (χ4n) is 6.39. The van der Waals surface area contributed by atoms with E-state index in [-0.39, 0.29) is 23.9 Å². The molecule has 4 fully saturated rings. The van der Waals surface area contributed by atoms with Crippen molar-refractivity contribution in [3.05, 3.63) is 29.3 Å². The number of ether oxygens (including phenoxy) is 1. The highest BCUT2D eigenvalue weighted by molar-refractivity contribution is 7.18. The third-order valence-electron chi connectivity index (χ3n) is 7.18. The molecule has 0 saturated heterocycles. The second-order valence-electron chi connectivity index (χ2n) is 9.58. The maximum absolute atomic E-state index is 12.5. The maximum atomic E-state index is 12.5. The lowest BCUT2D eigenvalue weighted by atomic mass is 9.49. The average Bonchev–Trinajstić information content (AvgIpc) is 3.06. The number of benzene rings is 1. The number of hydrogen-bond acceptors (Lipinski definition) is 5. The van der Waals surface area contributed by atoms with E-state index in [1.165, 1.54) is 38.5 Å². The summed E-state index contributed by atoms with van der Waals surface area (Å²) in [4.78, 5) is 31.1. The summed E-state index contributed by atoms with van der Waals surface area (Å²) in [7, 11) is 1.74. The fraction of sp³-hybridized carbons (Fsp3) is 0.609. The van der Waals surface area contributed by atoms with Gasteiger partial charge in [0, 0.05) is 7.05 Å². The summed E-state index contributed by atoms with van der Waals surface area (Å²) in [6.45, 7) is 0.261. The molecule has 4 saturated carbocycles. The molecule has 1 amide bonds. The molecule has 5 nitrogen and oxygen atoms in total. The van der Waals surface area contributed by atoms with Crippen LogP contribution >= 0.6 is 11.3 Å². The standard InChI is InChI=1S/C23H28N2O3S/c1-25(13-20-24-18-4-2-3-5-19(18)29-20)21(26)14-28-22(27)12-23-9-15-6-16(10-23)8-17(7-15)11-23/h2-5,15-17H,6-14H2,1H3. The first kappa shape index (κ1) is 19.0. The summed E-state index contributed by atoms with van der Waals surface area (Å²) in [6, 6.07) is 7.96. The number of amides is 1. The SMILES string of the molecule is CN(Cc1nc2ccccc2s1)C(=O)COC(=O)CC12CC3CC(CC(C3)C1)C2. The van der Waals surface area contributed by atoms with Gasteiger partial charge in [0.2, 0.25) is 0 Å². The quantitative estimate of drug-likeness (QED) is 0.660. The molecule has 4 bridgehead atoms. The smallest absolute Gasteiger partial charge is 0.306 e. The molecule has 6 heteroatoms. The van der Waals surface area contributed by atoms with Gasteiger partial charge in [-0.25, -0.2) is 4.98 Å². The Morgan fingerprint density at radius 1 is 1.14 bits per heavy atom. The van der Waals surface area contributed by atoms with Gasteiger partial charge in [-0.3, -0.25) is 9.59 Å². The normalized spacial score (nSPS) is 29.9. The molecule has 1 aromatic carbocycles. The molecule has 0 unspecified atom stereocenters. The van der Waals surface area contributed by atoms with Gasteiger partial charge in [0.15, 0.2) is 6.61 Å². The van der Waals surface area contributed by atoms with Gasteiger partial charge in [-0.1, -0.05) is 12.1 Å². The number of likely N-dealkylation sites (N-methyl/N-ethyl adjacent to an activating group) is 1. The van der Waals surface area contributed by atoms with Crippen LogP contribution in [0.5, 0.6) is 0 Å². The van der Waals surface area contributed by atoms with Gasteiger partial charge in [0.05, 0.1) is 23.2 Å². The van der Waals surface area contributed by atoms with Gasteiger partial charge in [-0.2, -0.15) is 0 Å². The van der Waals surface area contributed by atoms with Crippen molar-refractivity contribution in [1.82, 2.24) is 9.88 Å². The minimum absolute atomic E-state index is 0.155. The second kappa shape index (κ2) is 7.38. The van der Waals surface area contributed by atoms with E-state index in [1.807, 2.05) is 24.3 Å². The van der Waals surface area contributed by atoms with Gasteiger partial charge in [0.1, 0.15) is 5.01 Å². The van der Waals surface area contributed by atoms with Crippen LogP contribution in [0.3, 0.4) is 0 Å². The van der Waals surface area contributed by atoms with E-state index in [1.54, 1.807) is 23.3 Å². The summed E-state index contributed by atoms with van der Waals surface area (Å²) in [5, 5.41) is 0.891. The zero-order chi connectivity index (χ0) is 20.0. The van der Waals surface area contributed by atoms with Gasteiger partial charge in [-0.15, -0.1) is 11.3 Å². The molecular weight excluding hydrogens is 384 g/mol. The van der Waals surface area contributed by atoms with Crippen LogP contribution in [0.25, 0.3) is 10.2 Å². The Labute approximate surface area is 175 Å². The molecule has 4 aliphatic rings. The van der Waals surface area contributed by atoms with Crippen LogP contribution in [0.1, 0.15) is 50.0 Å². The van der Waals surface area contributed by atoms with Crippen LogP contribution in [0.4, 0.5) is 0 Å². The lowest BCUT2D eigenvalue weighted by Gasteiger charge is -2.56. The van der Waals surface area contributed by atoms with Gasteiger partial charge < -0.3 is 9.64 Å². The average molecular weight is 413 g/mol. The number of esters is 1. The van der Waals surface area contributed by atoms with Crippen LogP contribution in [-0.2, 0) is 20.9 Å². The monoisotopic (exact) mass is 412 g/mol. The second-order valence-corrected chi connectivity index (χ2v) is 10.7. The third-order valence-corrected chi connectivity index (χ3v) is 8.20. The Morgan fingerprint density at radius 3 is 2.45 bits per heavy atom. The summed E-state index contributed by atoms with van der Waals surface area (Å²) in [5.41, 5.74) is 1.11. The predicted octanol–water partition coefficient (Wildman–Crippen LogP) is 4.40. The molecule has 0 aliphatic heterocycles. The Morgan fingerprint density at radius 2 is 1.79 bits per heavy atom. The number of rotatable bonds is 6. The highest BCUT2D eigenvalue weighted by Crippen LogP contribution is 2.61. The number of para-hydroxylation sites is 1. The summed E-state index contributed by atoms with van der Waals surface area (Å²) < 4.78 is 6.53. The number of thiazole rings is 1. The first-order valence-electron chi connectivity index (χ1n) is 10.7. The Balaban J connectivity index is 1.13. The van der Waals surface area contributed by atoms with Gasteiger partial charge in [-0.05, 0) is 73.8 Å². The molecule has 2 aromatic rings. The molecule has 1 aromatic heterocycles. The molecule has 6 rings (SSSR count). The maximum Gasteiger partial charge on any atom is 0.306 e. The molecule has 4 aliphatic carbocycles. The van der Waals surface area contributed by atoms with E-state index >= 15 is 0 Å². The number of nitrogens with zero attached hydrogens (tertiary/aromatic N) is 2. The summed E-state index contributed by atoms with van der Waals surface area (Å²) in [5.74, 6) is 2.07. The predicted molar refractivity (Wildman–Crippen MR) is 112 cm³/mol. The Bertz CT molecular complexity index is 869. The van der Waals surface area contributed by atoms with Gasteiger partial charge >= 0.3 is 5.97 Å². The number of aromatic nitrogens is 1. The highest BCUT2D eigenvalue weighted by atomic mass is 32.1. The number of carbonyl (C=O) groups excluding carboxylic acids is 2. The molecule has 0 N–H and O–H groups in total. The van der Waals surface area contributed by atoms with Crippen molar-refractivity contribution >= 4 is 33.4 Å². The Hall–Kier alpha value is -1.95. The molecular formula is C23H28N2O3S. The molecule has 1 heterocycles. The molecule has 0 atom stereocenters. The fourth-order valence-corrected chi connectivity index (χ4v) is 7.42.